The normalized spacial score (nSPS) is 13.5. The zero-order valence-electron chi connectivity index (χ0n) is 17.3. The fourth-order valence-electron chi connectivity index (χ4n) is 1.95. The van der Waals surface area contributed by atoms with Crippen LogP contribution in [0.5, 0.6) is 0 Å². The van der Waals surface area contributed by atoms with Gasteiger partial charge in [-0.2, -0.15) is 0 Å². The zero-order chi connectivity index (χ0) is 22.7. The Hall–Kier alpha value is -2.98. The maximum Gasteiger partial charge on any atom is 0.347 e. The molecule has 30 heavy (non-hydrogen) atoms. The van der Waals surface area contributed by atoms with Gasteiger partial charge in [-0.25, -0.2) is 19.2 Å². The van der Waals surface area contributed by atoms with Gasteiger partial charge in [0.2, 0.25) is 0 Å². The topological polar surface area (TPSA) is 135 Å². The smallest absolute Gasteiger partial charge is 0.347 e. The summed E-state index contributed by atoms with van der Waals surface area (Å²) in [4.78, 5) is 46.9. The molecule has 0 bridgehead atoms. The van der Waals surface area contributed by atoms with Gasteiger partial charge in [0.25, 0.3) is 0 Å². The second-order valence-corrected chi connectivity index (χ2v) is 6.27. The minimum absolute atomic E-state index is 0.105. The van der Waals surface area contributed by atoms with Gasteiger partial charge in [-0.3, -0.25) is 0 Å². The molecule has 0 radical (unpaired) electrons. The Morgan fingerprint density at radius 2 is 1.40 bits per heavy atom. The minimum atomic E-state index is -1.39. The van der Waals surface area contributed by atoms with E-state index in [0.717, 1.165) is 0 Å². The number of aliphatic hydroxyl groups is 1. The quantitative estimate of drug-likeness (QED) is 0.307. The van der Waals surface area contributed by atoms with Crippen molar-refractivity contribution in [1.29, 1.82) is 0 Å². The molecule has 0 saturated heterocycles. The SMILES string of the molecule is COCCOC(=O)c1ccc(COC(=O)C(C)OC(=O)C(C)OC(=O)C(C)O)cc1. The van der Waals surface area contributed by atoms with E-state index < -0.39 is 42.2 Å². The Labute approximate surface area is 174 Å². The molecule has 3 unspecified atom stereocenters. The third-order valence-electron chi connectivity index (χ3n) is 3.68. The second kappa shape index (κ2) is 12.6. The highest BCUT2D eigenvalue weighted by atomic mass is 16.6. The summed E-state index contributed by atoms with van der Waals surface area (Å²) in [7, 11) is 1.50. The number of rotatable bonds is 11. The number of hydrogen-bond acceptors (Lipinski definition) is 10. The minimum Gasteiger partial charge on any atom is -0.460 e. The summed E-state index contributed by atoms with van der Waals surface area (Å²) in [5, 5.41) is 9.06. The Morgan fingerprint density at radius 3 is 1.97 bits per heavy atom. The van der Waals surface area contributed by atoms with Crippen molar-refractivity contribution in [3.05, 3.63) is 35.4 Å². The summed E-state index contributed by atoms with van der Waals surface area (Å²) in [6.07, 6.45) is -3.92. The maximum atomic E-state index is 12.0. The highest BCUT2D eigenvalue weighted by Gasteiger charge is 2.26. The van der Waals surface area contributed by atoms with E-state index in [1.807, 2.05) is 0 Å². The van der Waals surface area contributed by atoms with Crippen molar-refractivity contribution in [2.75, 3.05) is 20.3 Å². The van der Waals surface area contributed by atoms with Crippen LogP contribution in [-0.4, -0.2) is 67.6 Å². The summed E-state index contributed by atoms with van der Waals surface area (Å²) >= 11 is 0. The largest absolute Gasteiger partial charge is 0.460 e. The van der Waals surface area contributed by atoms with Crippen LogP contribution in [0.2, 0.25) is 0 Å². The first kappa shape index (κ1) is 25.1. The van der Waals surface area contributed by atoms with Crippen LogP contribution in [0, 0.1) is 0 Å². The van der Waals surface area contributed by atoms with Crippen molar-refractivity contribution in [3.8, 4) is 0 Å². The number of carbonyl (C=O) groups is 4. The van der Waals surface area contributed by atoms with Crippen LogP contribution in [0.4, 0.5) is 0 Å². The van der Waals surface area contributed by atoms with Crippen LogP contribution in [0.3, 0.4) is 0 Å². The number of ether oxygens (including phenoxy) is 5. The molecule has 0 aliphatic rings. The Kier molecular flexibility index (Phi) is 10.5. The average Bonchev–Trinajstić information content (AvgIpc) is 2.72. The van der Waals surface area contributed by atoms with Gasteiger partial charge in [0.15, 0.2) is 12.2 Å². The third-order valence-corrected chi connectivity index (χ3v) is 3.68. The lowest BCUT2D eigenvalue weighted by Crippen LogP contribution is -2.35. The molecule has 0 aromatic heterocycles. The van der Waals surface area contributed by atoms with Crippen LogP contribution >= 0.6 is 0 Å². The van der Waals surface area contributed by atoms with Crippen LogP contribution in [-0.2, 0) is 44.7 Å². The molecule has 0 saturated carbocycles. The van der Waals surface area contributed by atoms with Crippen LogP contribution in [0.15, 0.2) is 24.3 Å². The van der Waals surface area contributed by atoms with Crippen molar-refractivity contribution in [1.82, 2.24) is 0 Å². The van der Waals surface area contributed by atoms with Crippen molar-refractivity contribution in [2.24, 2.45) is 0 Å². The van der Waals surface area contributed by atoms with E-state index in [1.54, 1.807) is 12.1 Å². The number of benzene rings is 1. The molecular formula is C20H26O10. The van der Waals surface area contributed by atoms with Crippen LogP contribution in [0.25, 0.3) is 0 Å². The average molecular weight is 426 g/mol. The van der Waals surface area contributed by atoms with Crippen molar-refractivity contribution in [2.45, 2.75) is 45.7 Å². The predicted octanol–water partition coefficient (Wildman–Crippen LogP) is 0.777. The van der Waals surface area contributed by atoms with Crippen molar-refractivity contribution >= 4 is 23.9 Å². The Balaban J connectivity index is 2.46. The predicted molar refractivity (Wildman–Crippen MR) is 101 cm³/mol. The summed E-state index contributed by atoms with van der Waals surface area (Å²) in [5.74, 6) is -3.24. The van der Waals surface area contributed by atoms with E-state index in [2.05, 4.69) is 4.74 Å². The van der Waals surface area contributed by atoms with Crippen molar-refractivity contribution < 1.29 is 48.0 Å². The molecule has 10 heteroatoms. The van der Waals surface area contributed by atoms with E-state index in [0.29, 0.717) is 17.7 Å². The Bertz CT molecular complexity index is 726. The highest BCUT2D eigenvalue weighted by molar-refractivity contribution is 5.89. The summed E-state index contributed by atoms with van der Waals surface area (Å²) < 4.78 is 24.4. The monoisotopic (exact) mass is 426 g/mol. The van der Waals surface area contributed by atoms with Gasteiger partial charge in [-0.05, 0) is 38.5 Å². The number of hydrogen-bond donors (Lipinski definition) is 1. The number of esters is 4. The number of carbonyl (C=O) groups excluding carboxylic acids is 4. The fraction of sp³-hybridized carbons (Fsp3) is 0.500. The van der Waals surface area contributed by atoms with Crippen molar-refractivity contribution in [3.63, 3.8) is 0 Å². The molecule has 10 nitrogen and oxygen atoms in total. The number of aliphatic hydroxyl groups excluding tert-OH is 1. The molecule has 1 aromatic carbocycles. The van der Waals surface area contributed by atoms with Gasteiger partial charge < -0.3 is 28.8 Å². The first-order valence-electron chi connectivity index (χ1n) is 9.16. The lowest BCUT2D eigenvalue weighted by molar-refractivity contribution is -0.179. The highest BCUT2D eigenvalue weighted by Crippen LogP contribution is 2.09. The molecule has 3 atom stereocenters. The fourth-order valence-corrected chi connectivity index (χ4v) is 1.95. The van der Waals surface area contributed by atoms with E-state index in [9.17, 15) is 19.2 Å². The Morgan fingerprint density at radius 1 is 0.833 bits per heavy atom. The molecule has 1 N–H and O–H groups in total. The van der Waals surface area contributed by atoms with Gasteiger partial charge in [-0.15, -0.1) is 0 Å². The van der Waals surface area contributed by atoms with Gasteiger partial charge in [0, 0.05) is 7.11 Å². The molecule has 1 rings (SSSR count). The molecule has 0 aliphatic carbocycles. The summed E-state index contributed by atoms with van der Waals surface area (Å²) in [6, 6.07) is 6.24. The lowest BCUT2D eigenvalue weighted by Gasteiger charge is -2.17. The van der Waals surface area contributed by atoms with Gasteiger partial charge in [-0.1, -0.05) is 12.1 Å². The zero-order valence-corrected chi connectivity index (χ0v) is 17.3. The van der Waals surface area contributed by atoms with E-state index in [4.69, 9.17) is 24.1 Å². The van der Waals surface area contributed by atoms with Gasteiger partial charge in [0.05, 0.1) is 12.2 Å². The summed E-state index contributed by atoms with van der Waals surface area (Å²) in [6.45, 7) is 4.08. The maximum absolute atomic E-state index is 12.0. The van der Waals surface area contributed by atoms with Gasteiger partial charge >= 0.3 is 23.9 Å². The van der Waals surface area contributed by atoms with E-state index >= 15 is 0 Å². The first-order valence-corrected chi connectivity index (χ1v) is 9.16. The third kappa shape index (κ3) is 8.58. The number of methoxy groups -OCH3 is 1. The summed E-state index contributed by atoms with van der Waals surface area (Å²) in [5.41, 5.74) is 0.943. The molecular weight excluding hydrogens is 400 g/mol. The molecule has 0 spiro atoms. The molecule has 0 fully saturated rings. The molecule has 166 valence electrons. The van der Waals surface area contributed by atoms with Gasteiger partial charge in [0.1, 0.15) is 19.3 Å². The van der Waals surface area contributed by atoms with E-state index in [1.165, 1.54) is 40.0 Å². The first-order chi connectivity index (χ1) is 14.1. The molecule has 0 amide bonds. The second-order valence-electron chi connectivity index (χ2n) is 6.27. The molecule has 0 aliphatic heterocycles. The van der Waals surface area contributed by atoms with Crippen LogP contribution < -0.4 is 0 Å². The standard InChI is InChI=1S/C20H26O10/c1-12(21)17(22)29-14(3)19(24)30-13(2)18(23)28-11-15-5-7-16(8-6-15)20(25)27-10-9-26-4/h5-8,12-14,21H,9-11H2,1-4H3. The molecule has 1 aromatic rings. The van der Waals surface area contributed by atoms with Crippen LogP contribution in [0.1, 0.15) is 36.7 Å². The molecule has 0 heterocycles. The van der Waals surface area contributed by atoms with E-state index in [-0.39, 0.29) is 13.2 Å². The lowest BCUT2D eigenvalue weighted by atomic mass is 10.1.